The third kappa shape index (κ3) is 7.91. The van der Waals surface area contributed by atoms with Gasteiger partial charge in [0.25, 0.3) is 0 Å². The second-order valence-corrected chi connectivity index (χ2v) is 10.2. The Morgan fingerprint density at radius 3 is 2.45 bits per heavy atom. The predicted molar refractivity (Wildman–Crippen MR) is 138 cm³/mol. The van der Waals surface area contributed by atoms with Crippen LogP contribution >= 0.6 is 0 Å². The Morgan fingerprint density at radius 1 is 1.18 bits per heavy atom. The van der Waals surface area contributed by atoms with E-state index in [0.717, 1.165) is 54.7 Å². The first-order chi connectivity index (χ1) is 15.8. The van der Waals surface area contributed by atoms with Crippen LogP contribution in [-0.4, -0.2) is 30.8 Å². The number of carbonyl (C=O) groups is 1. The summed E-state index contributed by atoms with van der Waals surface area (Å²) in [5.74, 6) is 3.18. The Bertz CT molecular complexity index is 718. The van der Waals surface area contributed by atoms with Gasteiger partial charge in [-0.1, -0.05) is 59.8 Å². The number of aliphatic hydroxyl groups excluding tert-OH is 1. The van der Waals surface area contributed by atoms with Crippen molar-refractivity contribution in [1.82, 2.24) is 0 Å². The fourth-order valence-corrected chi connectivity index (χ4v) is 5.10. The minimum absolute atomic E-state index is 0. The molecule has 3 atom stereocenters. The van der Waals surface area contributed by atoms with Gasteiger partial charge in [0.15, 0.2) is 0 Å². The largest absolute Gasteiger partial charge is 0.497 e. The smallest absolute Gasteiger partial charge is 0.328 e. The van der Waals surface area contributed by atoms with Gasteiger partial charge < -0.3 is 19.9 Å². The van der Waals surface area contributed by atoms with Crippen LogP contribution in [0.25, 0.3) is 0 Å². The number of methoxy groups -OCH3 is 1. The number of aliphatic hydroxyl groups is 1. The van der Waals surface area contributed by atoms with Crippen LogP contribution in [0.1, 0.15) is 99.1 Å². The summed E-state index contributed by atoms with van der Waals surface area (Å²) >= 11 is 0. The standard InChI is InChI=1S/C18H27NO4.C10H20.H2/c1-4-6-7-8-13-16(18(21)23-5-2)19-15-10-9-12(22-3)11-14(15)17(13)20;1-8(2)10-6-4-9(3)5-7-10;/h9-11,13,16-17,19-20H,4-8H2,1-3H3;8-10H,4-7H2,1-3H3;1H/t13-,16?,17?;;/m1../s1. The molecule has 1 aliphatic heterocycles. The number of rotatable bonds is 8. The summed E-state index contributed by atoms with van der Waals surface area (Å²) in [5, 5.41) is 14.1. The lowest BCUT2D eigenvalue weighted by molar-refractivity contribution is -0.147. The third-order valence-corrected chi connectivity index (χ3v) is 7.41. The Hall–Kier alpha value is -1.75. The van der Waals surface area contributed by atoms with E-state index in [4.69, 9.17) is 9.47 Å². The molecular weight excluding hydrogens is 414 g/mol. The first kappa shape index (κ1) is 27.5. The Morgan fingerprint density at radius 2 is 1.88 bits per heavy atom. The van der Waals surface area contributed by atoms with Crippen LogP contribution in [0.15, 0.2) is 18.2 Å². The number of unbranched alkanes of at least 4 members (excludes halogenated alkanes) is 2. The molecule has 1 saturated carbocycles. The van der Waals surface area contributed by atoms with Gasteiger partial charge in [-0.05, 0) is 62.1 Å². The molecule has 1 fully saturated rings. The molecule has 1 heterocycles. The topological polar surface area (TPSA) is 67.8 Å². The van der Waals surface area contributed by atoms with Crippen molar-refractivity contribution in [1.29, 1.82) is 0 Å². The number of esters is 1. The van der Waals surface area contributed by atoms with E-state index in [1.165, 1.54) is 25.7 Å². The number of nitrogens with one attached hydrogen (secondary N) is 1. The molecule has 1 aromatic carbocycles. The molecule has 0 spiro atoms. The van der Waals surface area contributed by atoms with Crippen LogP contribution in [0.3, 0.4) is 0 Å². The van der Waals surface area contributed by atoms with E-state index >= 15 is 0 Å². The number of hydrogen-bond acceptors (Lipinski definition) is 5. The number of fused-ring (bicyclic) bond motifs is 1. The first-order valence-electron chi connectivity index (χ1n) is 13.1. The molecule has 33 heavy (non-hydrogen) atoms. The number of ether oxygens (including phenoxy) is 2. The van der Waals surface area contributed by atoms with E-state index < -0.39 is 12.1 Å². The van der Waals surface area contributed by atoms with Crippen LogP contribution in [-0.2, 0) is 9.53 Å². The van der Waals surface area contributed by atoms with E-state index in [-0.39, 0.29) is 13.3 Å². The summed E-state index contributed by atoms with van der Waals surface area (Å²) in [5.41, 5.74) is 1.55. The Kier molecular flexibility index (Phi) is 11.5. The highest BCUT2D eigenvalue weighted by Crippen LogP contribution is 2.41. The van der Waals surface area contributed by atoms with Gasteiger partial charge in [-0.2, -0.15) is 0 Å². The van der Waals surface area contributed by atoms with E-state index in [1.54, 1.807) is 14.0 Å². The molecule has 5 heteroatoms. The number of hydrogen-bond donors (Lipinski definition) is 2. The maximum atomic E-state index is 12.3. The number of benzene rings is 1. The zero-order chi connectivity index (χ0) is 24.4. The van der Waals surface area contributed by atoms with Crippen molar-refractivity contribution in [3.63, 3.8) is 0 Å². The van der Waals surface area contributed by atoms with Gasteiger partial charge in [0, 0.05) is 18.6 Å². The SMILES string of the molecule is CC1CCC(C(C)C)CC1.CCCCC[C@@H]1C(C(=O)OCC)Nc2ccc(OC)cc2C1O.[HH]. The van der Waals surface area contributed by atoms with E-state index in [0.29, 0.717) is 12.4 Å². The van der Waals surface area contributed by atoms with Gasteiger partial charge in [-0.3, -0.25) is 0 Å². The van der Waals surface area contributed by atoms with Crippen molar-refractivity contribution < 1.29 is 20.8 Å². The summed E-state index contributed by atoms with van der Waals surface area (Å²) in [7, 11) is 1.60. The van der Waals surface area contributed by atoms with Crippen molar-refractivity contribution in [3.8, 4) is 5.75 Å². The average molecular weight is 464 g/mol. The van der Waals surface area contributed by atoms with Crippen LogP contribution in [0.2, 0.25) is 0 Å². The molecule has 0 amide bonds. The molecule has 0 bridgehead atoms. The van der Waals surface area contributed by atoms with Crippen molar-refractivity contribution in [3.05, 3.63) is 23.8 Å². The average Bonchev–Trinajstić information content (AvgIpc) is 2.81. The molecule has 0 saturated heterocycles. The van der Waals surface area contributed by atoms with Crippen molar-refractivity contribution in [2.45, 2.75) is 98.1 Å². The molecule has 1 aliphatic carbocycles. The molecule has 2 N–H and O–H groups in total. The fourth-order valence-electron chi connectivity index (χ4n) is 5.10. The minimum atomic E-state index is -0.701. The lowest BCUT2D eigenvalue weighted by atomic mass is 9.78. The summed E-state index contributed by atoms with van der Waals surface area (Å²) in [6, 6.07) is 4.98. The van der Waals surface area contributed by atoms with Crippen LogP contribution in [0, 0.1) is 23.7 Å². The highest BCUT2D eigenvalue weighted by Gasteiger charge is 2.40. The van der Waals surface area contributed by atoms with Gasteiger partial charge in [0.05, 0.1) is 19.8 Å². The molecule has 1 aromatic rings. The monoisotopic (exact) mass is 463 g/mol. The third-order valence-electron chi connectivity index (χ3n) is 7.41. The van der Waals surface area contributed by atoms with Crippen LogP contribution in [0.5, 0.6) is 5.75 Å². The van der Waals surface area contributed by atoms with Gasteiger partial charge in [-0.25, -0.2) is 4.79 Å². The van der Waals surface area contributed by atoms with E-state index in [1.807, 2.05) is 18.2 Å². The van der Waals surface area contributed by atoms with E-state index in [9.17, 15) is 9.90 Å². The number of carbonyl (C=O) groups excluding carboxylic acids is 1. The molecule has 3 rings (SSSR count). The maximum absolute atomic E-state index is 12.3. The lowest BCUT2D eigenvalue weighted by Crippen LogP contribution is -2.44. The quantitative estimate of drug-likeness (QED) is 0.321. The first-order valence-corrected chi connectivity index (χ1v) is 13.1. The lowest BCUT2D eigenvalue weighted by Gasteiger charge is -2.37. The molecule has 0 radical (unpaired) electrons. The van der Waals surface area contributed by atoms with Gasteiger partial charge in [-0.15, -0.1) is 0 Å². The Labute approximate surface area is 203 Å². The Balaban J connectivity index is 0.000000442. The minimum Gasteiger partial charge on any atom is -0.497 e. The summed E-state index contributed by atoms with van der Waals surface area (Å²) < 4.78 is 10.4. The highest BCUT2D eigenvalue weighted by molar-refractivity contribution is 5.81. The molecule has 0 aromatic heterocycles. The second-order valence-electron chi connectivity index (χ2n) is 10.2. The summed E-state index contributed by atoms with van der Waals surface area (Å²) in [4.78, 5) is 12.3. The maximum Gasteiger partial charge on any atom is 0.328 e. The summed E-state index contributed by atoms with van der Waals surface area (Å²) in [6.07, 6.45) is 9.17. The number of anilines is 1. The van der Waals surface area contributed by atoms with Crippen LogP contribution < -0.4 is 10.1 Å². The van der Waals surface area contributed by atoms with Crippen molar-refractivity contribution >= 4 is 11.7 Å². The van der Waals surface area contributed by atoms with Gasteiger partial charge >= 0.3 is 5.97 Å². The van der Waals surface area contributed by atoms with Gasteiger partial charge in [0.2, 0.25) is 0 Å². The molecule has 190 valence electrons. The van der Waals surface area contributed by atoms with Crippen LogP contribution in [0.4, 0.5) is 5.69 Å². The predicted octanol–water partition coefficient (Wildman–Crippen LogP) is 7.00. The zero-order valence-electron chi connectivity index (χ0n) is 21.7. The summed E-state index contributed by atoms with van der Waals surface area (Å²) in [6.45, 7) is 11.4. The zero-order valence-corrected chi connectivity index (χ0v) is 21.7. The van der Waals surface area contributed by atoms with Gasteiger partial charge in [0.1, 0.15) is 11.8 Å². The fraction of sp³-hybridized carbons (Fsp3) is 0.750. The highest BCUT2D eigenvalue weighted by atomic mass is 16.5. The van der Waals surface area contributed by atoms with Crippen molar-refractivity contribution in [2.75, 3.05) is 19.0 Å². The molecular formula is C28H49NO4. The van der Waals surface area contributed by atoms with Crippen molar-refractivity contribution in [2.24, 2.45) is 23.7 Å². The molecule has 5 nitrogen and oxygen atoms in total. The van der Waals surface area contributed by atoms with E-state index in [2.05, 4.69) is 33.0 Å². The molecule has 2 aliphatic rings. The molecule has 2 unspecified atom stereocenters. The normalized spacial score (nSPS) is 26.5. The second kappa shape index (κ2) is 13.8.